The molecule has 2 aromatic carbocycles. The number of esters is 1. The SMILES string of the molecule is COC(=O)CCNC(=O)c1csc([C@@H](CC(C)(C)C)Oc2cc(C)c(-c3ccc(C(F)(F)F)cc3)c(C)c2)c1. The molecule has 9 heteroatoms. The van der Waals surface area contributed by atoms with E-state index in [1.807, 2.05) is 32.0 Å². The first kappa shape index (κ1) is 30.2. The van der Waals surface area contributed by atoms with E-state index in [0.717, 1.165) is 33.7 Å². The van der Waals surface area contributed by atoms with Crippen LogP contribution < -0.4 is 10.1 Å². The Morgan fingerprint density at radius 3 is 2.15 bits per heavy atom. The van der Waals surface area contributed by atoms with Crippen LogP contribution in [0.4, 0.5) is 13.2 Å². The van der Waals surface area contributed by atoms with E-state index in [0.29, 0.717) is 23.3 Å². The van der Waals surface area contributed by atoms with Crippen LogP contribution in [0, 0.1) is 19.3 Å². The number of nitrogens with one attached hydrogen (secondary N) is 1. The van der Waals surface area contributed by atoms with Crippen molar-refractivity contribution < 1.29 is 32.2 Å². The van der Waals surface area contributed by atoms with Crippen molar-refractivity contribution in [3.63, 3.8) is 0 Å². The molecule has 1 atom stereocenters. The van der Waals surface area contributed by atoms with Gasteiger partial charge in [-0.05, 0) is 78.3 Å². The summed E-state index contributed by atoms with van der Waals surface area (Å²) in [6.45, 7) is 10.3. The van der Waals surface area contributed by atoms with Gasteiger partial charge in [-0.15, -0.1) is 11.3 Å². The van der Waals surface area contributed by atoms with Crippen molar-refractivity contribution in [2.45, 2.75) is 59.7 Å². The number of aryl methyl sites for hydroxylation is 2. The molecule has 39 heavy (non-hydrogen) atoms. The Hall–Kier alpha value is -3.33. The summed E-state index contributed by atoms with van der Waals surface area (Å²) < 4.78 is 50.1. The molecule has 0 fully saturated rings. The topological polar surface area (TPSA) is 64.6 Å². The van der Waals surface area contributed by atoms with Gasteiger partial charge in [0.05, 0.1) is 24.7 Å². The second-order valence-electron chi connectivity index (χ2n) is 10.7. The summed E-state index contributed by atoms with van der Waals surface area (Å²) in [7, 11) is 1.30. The lowest BCUT2D eigenvalue weighted by atomic mass is 9.88. The zero-order valence-corrected chi connectivity index (χ0v) is 23.8. The third-order valence-corrected chi connectivity index (χ3v) is 7.15. The normalized spacial score (nSPS) is 12.6. The van der Waals surface area contributed by atoms with Crippen LogP contribution in [0.5, 0.6) is 5.75 Å². The number of carbonyl (C=O) groups excluding carboxylic acids is 2. The minimum absolute atomic E-state index is 0.0676. The number of ether oxygens (including phenoxy) is 2. The molecule has 0 saturated carbocycles. The van der Waals surface area contributed by atoms with Crippen LogP contribution in [0.2, 0.25) is 0 Å². The summed E-state index contributed by atoms with van der Waals surface area (Å²) >= 11 is 1.43. The fourth-order valence-electron chi connectivity index (χ4n) is 4.32. The first-order chi connectivity index (χ1) is 18.2. The van der Waals surface area contributed by atoms with E-state index in [4.69, 9.17) is 4.74 Å². The van der Waals surface area contributed by atoms with Gasteiger partial charge in [0.25, 0.3) is 5.91 Å². The number of benzene rings is 2. The van der Waals surface area contributed by atoms with E-state index in [2.05, 4.69) is 30.8 Å². The number of amides is 1. The van der Waals surface area contributed by atoms with Crippen LogP contribution in [0.25, 0.3) is 11.1 Å². The smallest absolute Gasteiger partial charge is 0.416 e. The van der Waals surface area contributed by atoms with Crippen molar-refractivity contribution in [1.82, 2.24) is 5.32 Å². The van der Waals surface area contributed by atoms with Gasteiger partial charge in [-0.1, -0.05) is 32.9 Å². The Labute approximate surface area is 231 Å². The molecule has 1 aromatic heterocycles. The van der Waals surface area contributed by atoms with Gasteiger partial charge in [-0.25, -0.2) is 0 Å². The second kappa shape index (κ2) is 12.2. The minimum atomic E-state index is -4.38. The molecule has 3 aromatic rings. The average Bonchev–Trinajstić information content (AvgIpc) is 3.32. The largest absolute Gasteiger partial charge is 0.485 e. The van der Waals surface area contributed by atoms with Gasteiger partial charge in [0.2, 0.25) is 0 Å². The highest BCUT2D eigenvalue weighted by Crippen LogP contribution is 2.39. The Bertz CT molecular complexity index is 1280. The molecule has 0 unspecified atom stereocenters. The van der Waals surface area contributed by atoms with Crippen LogP contribution >= 0.6 is 11.3 Å². The van der Waals surface area contributed by atoms with Gasteiger partial charge < -0.3 is 14.8 Å². The van der Waals surface area contributed by atoms with Crippen molar-refractivity contribution in [3.05, 3.63) is 75.0 Å². The van der Waals surface area contributed by atoms with Crippen molar-refractivity contribution in [1.29, 1.82) is 0 Å². The van der Waals surface area contributed by atoms with Crippen LogP contribution in [-0.4, -0.2) is 25.5 Å². The van der Waals surface area contributed by atoms with Gasteiger partial charge in [-0.2, -0.15) is 13.2 Å². The molecule has 0 aliphatic rings. The molecule has 3 rings (SSSR count). The number of carbonyl (C=O) groups is 2. The maximum Gasteiger partial charge on any atom is 0.416 e. The molecule has 0 bridgehead atoms. The number of halogens is 3. The molecule has 1 amide bonds. The Morgan fingerprint density at radius 1 is 1.00 bits per heavy atom. The molecular weight excluding hydrogens is 527 g/mol. The highest BCUT2D eigenvalue weighted by Gasteiger charge is 2.30. The number of alkyl halides is 3. The van der Waals surface area contributed by atoms with Crippen molar-refractivity contribution in [2.24, 2.45) is 5.41 Å². The lowest BCUT2D eigenvalue weighted by Gasteiger charge is -2.27. The van der Waals surface area contributed by atoms with Crippen molar-refractivity contribution in [2.75, 3.05) is 13.7 Å². The molecule has 1 N–H and O–H groups in total. The van der Waals surface area contributed by atoms with E-state index in [9.17, 15) is 22.8 Å². The van der Waals surface area contributed by atoms with Gasteiger partial charge >= 0.3 is 12.1 Å². The van der Waals surface area contributed by atoms with E-state index in [1.165, 1.54) is 30.6 Å². The summed E-state index contributed by atoms with van der Waals surface area (Å²) in [5, 5.41) is 4.50. The van der Waals surface area contributed by atoms with E-state index < -0.39 is 17.7 Å². The third kappa shape index (κ3) is 8.33. The standard InChI is InChI=1S/C30H34F3NO4S/c1-18-13-23(14-19(2)27(18)20-7-9-22(10-8-20)30(31,32)33)38-24(16-29(3,4)5)25-15-21(17-39-25)28(36)34-12-11-26(35)37-6/h7-10,13-15,17,24H,11-12,16H2,1-6H3,(H,34,36)/t24-/m1/s1. The first-order valence-electron chi connectivity index (χ1n) is 12.6. The minimum Gasteiger partial charge on any atom is -0.485 e. The molecule has 1 heterocycles. The number of thiophene rings is 1. The molecular formula is C30H34F3NO4S. The van der Waals surface area contributed by atoms with Crippen LogP contribution in [-0.2, 0) is 15.7 Å². The first-order valence-corrected chi connectivity index (χ1v) is 13.4. The summed E-state index contributed by atoms with van der Waals surface area (Å²) in [5.41, 5.74) is 3.09. The lowest BCUT2D eigenvalue weighted by molar-refractivity contribution is -0.140. The molecule has 210 valence electrons. The van der Waals surface area contributed by atoms with E-state index in [-0.39, 0.29) is 30.4 Å². The van der Waals surface area contributed by atoms with Crippen molar-refractivity contribution >= 4 is 23.2 Å². The summed E-state index contributed by atoms with van der Waals surface area (Å²) in [6.07, 6.45) is -3.91. The molecule has 0 aliphatic carbocycles. The van der Waals surface area contributed by atoms with Gasteiger partial charge in [0.15, 0.2) is 0 Å². The molecule has 5 nitrogen and oxygen atoms in total. The summed E-state index contributed by atoms with van der Waals surface area (Å²) in [6, 6.07) is 10.8. The van der Waals surface area contributed by atoms with E-state index >= 15 is 0 Å². The maximum atomic E-state index is 13.0. The summed E-state index contributed by atoms with van der Waals surface area (Å²) in [5.74, 6) is -0.0224. The van der Waals surface area contributed by atoms with Gasteiger partial charge in [0.1, 0.15) is 11.9 Å². The van der Waals surface area contributed by atoms with Crippen LogP contribution in [0.15, 0.2) is 47.8 Å². The maximum absolute atomic E-state index is 13.0. The van der Waals surface area contributed by atoms with Crippen molar-refractivity contribution in [3.8, 4) is 16.9 Å². The molecule has 0 radical (unpaired) electrons. The van der Waals surface area contributed by atoms with Gasteiger partial charge in [-0.3, -0.25) is 9.59 Å². The second-order valence-corrected chi connectivity index (χ2v) is 11.6. The van der Waals surface area contributed by atoms with Crippen LogP contribution in [0.1, 0.15) is 71.6 Å². The highest BCUT2D eigenvalue weighted by atomic mass is 32.1. The monoisotopic (exact) mass is 561 g/mol. The fraction of sp³-hybridized carbons (Fsp3) is 0.400. The predicted molar refractivity (Wildman–Crippen MR) is 147 cm³/mol. The Balaban J connectivity index is 1.83. The predicted octanol–water partition coefficient (Wildman–Crippen LogP) is 7.90. The Morgan fingerprint density at radius 2 is 1.62 bits per heavy atom. The number of hydrogen-bond donors (Lipinski definition) is 1. The third-order valence-electron chi connectivity index (χ3n) is 6.12. The number of methoxy groups -OCH3 is 1. The lowest BCUT2D eigenvalue weighted by Crippen LogP contribution is -2.26. The fourth-order valence-corrected chi connectivity index (χ4v) is 5.23. The zero-order chi connectivity index (χ0) is 29.0. The van der Waals surface area contributed by atoms with E-state index in [1.54, 1.807) is 5.38 Å². The zero-order valence-electron chi connectivity index (χ0n) is 23.0. The van der Waals surface area contributed by atoms with Crippen LogP contribution in [0.3, 0.4) is 0 Å². The summed E-state index contributed by atoms with van der Waals surface area (Å²) in [4.78, 5) is 24.8. The number of hydrogen-bond acceptors (Lipinski definition) is 5. The van der Waals surface area contributed by atoms with Gasteiger partial charge in [0, 0.05) is 16.8 Å². The average molecular weight is 562 g/mol. The molecule has 0 spiro atoms. The Kier molecular flexibility index (Phi) is 9.48. The molecule has 0 saturated heterocycles. The molecule has 0 aliphatic heterocycles. The highest BCUT2D eigenvalue weighted by molar-refractivity contribution is 7.10. The quantitative estimate of drug-likeness (QED) is 0.270. The number of rotatable bonds is 9.